The summed E-state index contributed by atoms with van der Waals surface area (Å²) in [6.07, 6.45) is 2.67. The third-order valence-corrected chi connectivity index (χ3v) is 5.62. The lowest BCUT2D eigenvalue weighted by molar-refractivity contribution is 0.132. The summed E-state index contributed by atoms with van der Waals surface area (Å²) in [5.41, 5.74) is 2.07. The summed E-state index contributed by atoms with van der Waals surface area (Å²) in [5.74, 6) is 0.772. The van der Waals surface area contributed by atoms with Crippen LogP contribution in [0.25, 0.3) is 0 Å². The normalized spacial score (nSPS) is 23.0. The van der Waals surface area contributed by atoms with E-state index in [0.29, 0.717) is 16.2 Å². The van der Waals surface area contributed by atoms with E-state index >= 15 is 0 Å². The van der Waals surface area contributed by atoms with Gasteiger partial charge < -0.3 is 14.9 Å². The summed E-state index contributed by atoms with van der Waals surface area (Å²) < 4.78 is 19.4. The molecule has 0 unspecified atom stereocenters. The molecule has 1 aliphatic rings. The van der Waals surface area contributed by atoms with E-state index in [2.05, 4.69) is 0 Å². The molecule has 2 N–H and O–H groups in total. The molecule has 1 aliphatic heterocycles. The van der Waals surface area contributed by atoms with Gasteiger partial charge in [-0.3, -0.25) is 4.48 Å². The molecule has 0 amide bonds. The van der Waals surface area contributed by atoms with Crippen LogP contribution in [0.4, 0.5) is 10.1 Å². The van der Waals surface area contributed by atoms with Gasteiger partial charge in [-0.15, -0.1) is 0 Å². The van der Waals surface area contributed by atoms with Crippen molar-refractivity contribution in [3.05, 3.63) is 53.8 Å². The lowest BCUT2D eigenvalue weighted by atomic mass is 9.93. The molecule has 0 atom stereocenters. The predicted octanol–water partition coefficient (Wildman–Crippen LogP) is 3.49. The van der Waals surface area contributed by atoms with Crippen LogP contribution in [0, 0.1) is 11.7 Å². The largest absolute Gasteiger partial charge is 0.504 e. The predicted molar refractivity (Wildman–Crippen MR) is 101 cm³/mol. The van der Waals surface area contributed by atoms with Crippen molar-refractivity contribution in [3.63, 3.8) is 0 Å². The molecule has 2 aromatic carbocycles. The first-order chi connectivity index (χ1) is 12.6. The van der Waals surface area contributed by atoms with Gasteiger partial charge >= 0.3 is 0 Å². The minimum absolute atomic E-state index is 0.147. The fraction of sp³-hybridized carbons (Fsp3) is 0.429. The van der Waals surface area contributed by atoms with E-state index in [-0.39, 0.29) is 18.2 Å². The van der Waals surface area contributed by atoms with Gasteiger partial charge in [-0.05, 0) is 29.7 Å². The van der Waals surface area contributed by atoms with E-state index in [0.717, 1.165) is 50.1 Å². The summed E-state index contributed by atoms with van der Waals surface area (Å²) in [6.45, 7) is 2.82. The molecule has 0 spiro atoms. The Morgan fingerprint density at radius 3 is 2.42 bits per heavy atom. The highest BCUT2D eigenvalue weighted by atomic mass is 19.1. The molecule has 2 aromatic rings. The van der Waals surface area contributed by atoms with Crippen molar-refractivity contribution in [2.75, 3.05) is 33.4 Å². The van der Waals surface area contributed by atoms with Gasteiger partial charge in [0.05, 0.1) is 26.7 Å². The van der Waals surface area contributed by atoms with Crippen molar-refractivity contribution >= 4 is 5.69 Å². The molecule has 3 rings (SSSR count). The van der Waals surface area contributed by atoms with Crippen molar-refractivity contribution < 1.29 is 19.3 Å². The number of phenolic OH excluding ortho intramolecular Hbond substituents is 1. The number of halogens is 1. The number of nitrogens with zero attached hydrogens (tertiary/aromatic N) is 1. The van der Waals surface area contributed by atoms with E-state index in [9.17, 15) is 14.6 Å². The van der Waals surface area contributed by atoms with Crippen LogP contribution in [0.3, 0.4) is 0 Å². The Balaban J connectivity index is 1.90. The Kier molecular flexibility index (Phi) is 5.79. The average molecular weight is 360 g/mol. The molecule has 5 heteroatoms. The molecular weight excluding hydrogens is 333 g/mol. The zero-order chi connectivity index (χ0) is 18.6. The van der Waals surface area contributed by atoms with Crippen LogP contribution in [-0.4, -0.2) is 43.6 Å². The highest BCUT2D eigenvalue weighted by Crippen LogP contribution is 2.42. The maximum atomic E-state index is 13.2. The van der Waals surface area contributed by atoms with Crippen LogP contribution in [0.1, 0.15) is 18.4 Å². The van der Waals surface area contributed by atoms with Crippen molar-refractivity contribution in [1.29, 1.82) is 0 Å². The Morgan fingerprint density at radius 1 is 1.12 bits per heavy atom. The lowest BCUT2D eigenvalue weighted by Crippen LogP contribution is -2.56. The number of para-hydroxylation sites is 1. The number of rotatable bonds is 6. The Hall–Kier alpha value is -2.11. The zero-order valence-electron chi connectivity index (χ0n) is 15.2. The first-order valence-electron chi connectivity index (χ1n) is 9.16. The maximum Gasteiger partial charge on any atom is 0.222 e. The zero-order valence-corrected chi connectivity index (χ0v) is 15.2. The minimum atomic E-state index is -0.226. The number of aromatic hydroxyl groups is 1. The third kappa shape index (κ3) is 3.84. The number of aliphatic hydroxyl groups is 1. The fourth-order valence-corrected chi connectivity index (χ4v) is 3.97. The number of hydrogen-bond donors (Lipinski definition) is 2. The first-order valence-corrected chi connectivity index (χ1v) is 9.16. The molecule has 0 bridgehead atoms. The molecule has 26 heavy (non-hydrogen) atoms. The molecule has 4 nitrogen and oxygen atoms in total. The van der Waals surface area contributed by atoms with Gasteiger partial charge in [0.1, 0.15) is 5.82 Å². The Morgan fingerprint density at radius 2 is 1.81 bits per heavy atom. The molecule has 1 saturated heterocycles. The van der Waals surface area contributed by atoms with Gasteiger partial charge in [0.15, 0.2) is 11.4 Å². The second-order valence-corrected chi connectivity index (χ2v) is 7.15. The topological polar surface area (TPSA) is 49.7 Å². The van der Waals surface area contributed by atoms with E-state index in [4.69, 9.17) is 4.74 Å². The fourth-order valence-electron chi connectivity index (χ4n) is 3.97. The van der Waals surface area contributed by atoms with Crippen molar-refractivity contribution in [3.8, 4) is 11.5 Å². The van der Waals surface area contributed by atoms with Crippen LogP contribution in [0.2, 0.25) is 0 Å². The quantitative estimate of drug-likeness (QED) is 0.776. The number of hydrogen-bond acceptors (Lipinski definition) is 3. The molecule has 0 aromatic heterocycles. The van der Waals surface area contributed by atoms with Gasteiger partial charge in [0, 0.05) is 31.9 Å². The van der Waals surface area contributed by atoms with Crippen LogP contribution in [0.15, 0.2) is 42.5 Å². The second-order valence-electron chi connectivity index (χ2n) is 7.15. The summed E-state index contributed by atoms with van der Waals surface area (Å²) in [5, 5.41) is 19.7. The van der Waals surface area contributed by atoms with Crippen LogP contribution in [0.5, 0.6) is 11.5 Å². The average Bonchev–Trinajstić information content (AvgIpc) is 2.68. The standard InChI is InChI=1S/C21H26FNO3/c1-26-21-19(3-2-4-20(21)25)23(13-10-17(15-24)11-14-23)12-9-16-5-7-18(22)8-6-16/h2-8,17,24H,9-15H2,1H3/p+1. The van der Waals surface area contributed by atoms with E-state index in [1.54, 1.807) is 13.2 Å². The Labute approximate surface area is 154 Å². The van der Waals surface area contributed by atoms with E-state index < -0.39 is 0 Å². The first kappa shape index (κ1) is 18.7. The minimum Gasteiger partial charge on any atom is -0.504 e. The van der Waals surface area contributed by atoms with E-state index in [1.807, 2.05) is 24.3 Å². The molecule has 140 valence electrons. The lowest BCUT2D eigenvalue weighted by Gasteiger charge is -2.43. The van der Waals surface area contributed by atoms with Crippen LogP contribution < -0.4 is 9.22 Å². The van der Waals surface area contributed by atoms with Crippen LogP contribution in [-0.2, 0) is 6.42 Å². The number of ether oxygens (including phenoxy) is 1. The van der Waals surface area contributed by atoms with Gasteiger partial charge in [-0.25, -0.2) is 4.39 Å². The maximum absolute atomic E-state index is 13.2. The van der Waals surface area contributed by atoms with Crippen molar-refractivity contribution in [2.24, 2.45) is 5.92 Å². The number of likely N-dealkylation sites (tertiary alicyclic amines) is 1. The second kappa shape index (κ2) is 8.06. The molecular formula is C21H27FNO3+. The van der Waals surface area contributed by atoms with Gasteiger partial charge in [-0.1, -0.05) is 18.2 Å². The van der Waals surface area contributed by atoms with Crippen molar-refractivity contribution in [1.82, 2.24) is 4.48 Å². The molecule has 1 heterocycles. The highest BCUT2D eigenvalue weighted by Gasteiger charge is 2.38. The van der Waals surface area contributed by atoms with Crippen molar-refractivity contribution in [2.45, 2.75) is 19.3 Å². The van der Waals surface area contributed by atoms with Crippen LogP contribution >= 0.6 is 0 Å². The molecule has 0 saturated carbocycles. The molecule has 0 radical (unpaired) electrons. The Bertz CT molecular complexity index is 725. The molecule has 0 aliphatic carbocycles. The number of aliphatic hydroxyl groups excluding tert-OH is 1. The number of piperidine rings is 1. The SMILES string of the molecule is COc1c(O)cccc1[N+]1(CCc2ccc(F)cc2)CCC(CO)CC1. The monoisotopic (exact) mass is 360 g/mol. The van der Waals surface area contributed by atoms with Gasteiger partial charge in [0.2, 0.25) is 5.75 Å². The number of phenols is 1. The van der Waals surface area contributed by atoms with Gasteiger partial charge in [0.25, 0.3) is 0 Å². The summed E-state index contributed by atoms with van der Waals surface area (Å²) >= 11 is 0. The number of quaternary nitrogens is 1. The highest BCUT2D eigenvalue weighted by molar-refractivity contribution is 5.62. The van der Waals surface area contributed by atoms with E-state index in [1.165, 1.54) is 12.1 Å². The number of benzene rings is 2. The summed E-state index contributed by atoms with van der Waals surface area (Å²) in [7, 11) is 1.58. The third-order valence-electron chi connectivity index (χ3n) is 5.62. The smallest absolute Gasteiger partial charge is 0.222 e. The summed E-state index contributed by atoms with van der Waals surface area (Å²) in [4.78, 5) is 0. The number of methoxy groups -OCH3 is 1. The molecule has 1 fully saturated rings. The van der Waals surface area contributed by atoms with Gasteiger partial charge in [-0.2, -0.15) is 0 Å². The summed E-state index contributed by atoms with van der Waals surface area (Å²) in [6, 6.07) is 12.1.